The highest BCUT2D eigenvalue weighted by Gasteiger charge is 2.17. The van der Waals surface area contributed by atoms with Crippen molar-refractivity contribution in [1.29, 1.82) is 0 Å². The van der Waals surface area contributed by atoms with Gasteiger partial charge in [0.2, 0.25) is 0 Å². The summed E-state index contributed by atoms with van der Waals surface area (Å²) in [5, 5.41) is 0. The summed E-state index contributed by atoms with van der Waals surface area (Å²) in [4.78, 5) is 2.28. The molecule has 1 nitrogen and oxygen atoms in total. The van der Waals surface area contributed by atoms with Gasteiger partial charge in [0.15, 0.2) is 0 Å². The summed E-state index contributed by atoms with van der Waals surface area (Å²) in [5.74, 6) is 6.75. The lowest BCUT2D eigenvalue weighted by atomic mass is 9.99. The van der Waals surface area contributed by atoms with Crippen LogP contribution >= 0.6 is 0 Å². The fourth-order valence-corrected chi connectivity index (χ4v) is 2.55. The summed E-state index contributed by atoms with van der Waals surface area (Å²) in [6, 6.07) is 18.5. The smallest absolute Gasteiger partial charge is 0.0982 e. The molecule has 0 unspecified atom stereocenters. The predicted molar refractivity (Wildman–Crippen MR) is 99.2 cm³/mol. The van der Waals surface area contributed by atoms with Gasteiger partial charge < -0.3 is 0 Å². The van der Waals surface area contributed by atoms with Gasteiger partial charge in [-0.1, -0.05) is 66.5 Å². The molecule has 1 atom stereocenters. The van der Waals surface area contributed by atoms with Crippen LogP contribution < -0.4 is 0 Å². The Hall–Kier alpha value is -2.56. The van der Waals surface area contributed by atoms with Crippen molar-refractivity contribution in [3.8, 4) is 11.8 Å². The first-order chi connectivity index (χ1) is 11.3. The molecule has 2 aromatic rings. The van der Waals surface area contributed by atoms with E-state index in [4.69, 9.17) is 0 Å². The highest BCUT2D eigenvalue weighted by molar-refractivity contribution is 5.40. The third kappa shape index (κ3) is 4.71. The van der Waals surface area contributed by atoms with E-state index in [9.17, 15) is 0 Å². The van der Waals surface area contributed by atoms with E-state index in [1.165, 1.54) is 11.1 Å². The molecule has 0 aromatic heterocycles. The monoisotopic (exact) mass is 301 g/mol. The van der Waals surface area contributed by atoms with Gasteiger partial charge in [-0.3, -0.25) is 4.90 Å². The summed E-state index contributed by atoms with van der Waals surface area (Å²) in [6.45, 7) is 11.4. The molecule has 0 bridgehead atoms. The highest BCUT2D eigenvalue weighted by Crippen LogP contribution is 2.23. The Kier molecular flexibility index (Phi) is 6.41. The van der Waals surface area contributed by atoms with Gasteiger partial charge in [0, 0.05) is 18.7 Å². The van der Waals surface area contributed by atoms with Crippen LogP contribution in [0, 0.1) is 18.8 Å². The second-order valence-corrected chi connectivity index (χ2v) is 5.43. The van der Waals surface area contributed by atoms with Crippen molar-refractivity contribution in [3.63, 3.8) is 0 Å². The normalized spacial score (nSPS) is 11.4. The fraction of sp³-hybridized carbons (Fsp3) is 0.182. The summed E-state index contributed by atoms with van der Waals surface area (Å²) in [7, 11) is 0. The molecule has 0 amide bonds. The molecular formula is C22H23N. The number of benzene rings is 2. The van der Waals surface area contributed by atoms with Crippen LogP contribution in [0.5, 0.6) is 0 Å². The standard InChI is InChI=1S/C22H23N/c1-4-17-23(18-5-2)22(21-14-10-9-11-19(21)3)16-15-20-12-7-6-8-13-20/h4-14,22H,1-2,17-18H2,3H3/t22-/m0/s1. The van der Waals surface area contributed by atoms with Gasteiger partial charge in [-0.2, -0.15) is 0 Å². The maximum absolute atomic E-state index is 3.88. The molecule has 0 aliphatic rings. The topological polar surface area (TPSA) is 3.24 Å². The summed E-state index contributed by atoms with van der Waals surface area (Å²) in [6.07, 6.45) is 3.83. The number of nitrogens with zero attached hydrogens (tertiary/aromatic N) is 1. The molecule has 0 N–H and O–H groups in total. The van der Waals surface area contributed by atoms with Crippen molar-refractivity contribution in [2.45, 2.75) is 13.0 Å². The maximum atomic E-state index is 3.88. The molecule has 0 heterocycles. The Bertz CT molecular complexity index is 693. The molecule has 0 saturated carbocycles. The predicted octanol–water partition coefficient (Wildman–Crippen LogP) is 4.76. The average molecular weight is 301 g/mol. The highest BCUT2D eigenvalue weighted by atomic mass is 15.1. The Morgan fingerprint density at radius 2 is 1.57 bits per heavy atom. The lowest BCUT2D eigenvalue weighted by Crippen LogP contribution is -2.29. The summed E-state index contributed by atoms with van der Waals surface area (Å²) in [5.41, 5.74) is 3.51. The van der Waals surface area contributed by atoms with Gasteiger partial charge in [-0.25, -0.2) is 0 Å². The van der Waals surface area contributed by atoms with Crippen molar-refractivity contribution in [2.75, 3.05) is 13.1 Å². The fourth-order valence-electron chi connectivity index (χ4n) is 2.55. The zero-order chi connectivity index (χ0) is 16.5. The van der Waals surface area contributed by atoms with Gasteiger partial charge in [0.1, 0.15) is 0 Å². The maximum Gasteiger partial charge on any atom is 0.0982 e. The summed E-state index contributed by atoms with van der Waals surface area (Å²) >= 11 is 0. The molecule has 0 aliphatic carbocycles. The molecule has 23 heavy (non-hydrogen) atoms. The lowest BCUT2D eigenvalue weighted by Gasteiger charge is -2.27. The molecule has 1 heteroatoms. The third-order valence-electron chi connectivity index (χ3n) is 3.70. The van der Waals surface area contributed by atoms with Crippen LogP contribution in [-0.4, -0.2) is 18.0 Å². The van der Waals surface area contributed by atoms with Gasteiger partial charge in [-0.05, 0) is 30.2 Å². The van der Waals surface area contributed by atoms with Crippen LogP contribution in [0.1, 0.15) is 22.7 Å². The average Bonchev–Trinajstić information content (AvgIpc) is 2.58. The van der Waals surface area contributed by atoms with Crippen LogP contribution in [0.3, 0.4) is 0 Å². The minimum absolute atomic E-state index is 0.0207. The van der Waals surface area contributed by atoms with Crippen LogP contribution in [0.15, 0.2) is 79.9 Å². The molecular weight excluding hydrogens is 278 g/mol. The molecule has 0 aliphatic heterocycles. The van der Waals surface area contributed by atoms with E-state index in [1.54, 1.807) is 0 Å². The Morgan fingerprint density at radius 1 is 0.957 bits per heavy atom. The van der Waals surface area contributed by atoms with Gasteiger partial charge in [-0.15, -0.1) is 13.2 Å². The first kappa shape index (κ1) is 16.8. The number of hydrogen-bond acceptors (Lipinski definition) is 1. The largest absolute Gasteiger partial charge is 0.279 e. The molecule has 2 aromatic carbocycles. The molecule has 0 saturated heterocycles. The van der Waals surface area contributed by atoms with Crippen LogP contribution in [-0.2, 0) is 0 Å². The Morgan fingerprint density at radius 3 is 2.17 bits per heavy atom. The van der Waals surface area contributed by atoms with Gasteiger partial charge in [0.05, 0.1) is 6.04 Å². The van der Waals surface area contributed by atoms with E-state index in [0.717, 1.165) is 18.7 Å². The van der Waals surface area contributed by atoms with Crippen LogP contribution in [0.4, 0.5) is 0 Å². The second-order valence-electron chi connectivity index (χ2n) is 5.43. The van der Waals surface area contributed by atoms with E-state index in [2.05, 4.69) is 61.1 Å². The van der Waals surface area contributed by atoms with Crippen molar-refractivity contribution >= 4 is 0 Å². The van der Waals surface area contributed by atoms with Gasteiger partial charge in [0.25, 0.3) is 0 Å². The SMILES string of the molecule is C=CCN(CC=C)[C@@H](C#Cc1ccccc1)c1ccccc1C. The minimum atomic E-state index is 0.0207. The zero-order valence-corrected chi connectivity index (χ0v) is 13.7. The third-order valence-corrected chi connectivity index (χ3v) is 3.70. The van der Waals surface area contributed by atoms with Crippen molar-refractivity contribution in [3.05, 3.63) is 96.6 Å². The lowest BCUT2D eigenvalue weighted by molar-refractivity contribution is 0.292. The molecule has 0 radical (unpaired) electrons. The van der Waals surface area contributed by atoms with Gasteiger partial charge >= 0.3 is 0 Å². The second kappa shape index (κ2) is 8.78. The van der Waals surface area contributed by atoms with Crippen molar-refractivity contribution < 1.29 is 0 Å². The molecule has 0 spiro atoms. The first-order valence-corrected chi connectivity index (χ1v) is 7.84. The number of hydrogen-bond donors (Lipinski definition) is 0. The van der Waals surface area contributed by atoms with Crippen molar-refractivity contribution in [1.82, 2.24) is 4.90 Å². The molecule has 0 fully saturated rings. The zero-order valence-electron chi connectivity index (χ0n) is 13.7. The van der Waals surface area contributed by atoms with E-state index in [1.807, 2.05) is 42.5 Å². The Balaban J connectivity index is 2.42. The quantitative estimate of drug-likeness (QED) is 0.549. The van der Waals surface area contributed by atoms with Crippen molar-refractivity contribution in [2.24, 2.45) is 0 Å². The van der Waals surface area contributed by atoms with E-state index in [-0.39, 0.29) is 6.04 Å². The molecule has 116 valence electrons. The van der Waals surface area contributed by atoms with E-state index in [0.29, 0.717) is 0 Å². The minimum Gasteiger partial charge on any atom is -0.279 e. The van der Waals surface area contributed by atoms with Crippen LogP contribution in [0.25, 0.3) is 0 Å². The van der Waals surface area contributed by atoms with Crippen LogP contribution in [0.2, 0.25) is 0 Å². The molecule has 2 rings (SSSR count). The first-order valence-electron chi connectivity index (χ1n) is 7.84. The van der Waals surface area contributed by atoms with E-state index < -0.39 is 0 Å². The Labute approximate surface area is 140 Å². The summed E-state index contributed by atoms with van der Waals surface area (Å²) < 4.78 is 0. The van der Waals surface area contributed by atoms with E-state index >= 15 is 0 Å². The number of rotatable bonds is 6. The number of aryl methyl sites for hydroxylation is 1.